The van der Waals surface area contributed by atoms with Gasteiger partial charge in [-0.25, -0.2) is 0 Å². The molecule has 0 saturated heterocycles. The van der Waals surface area contributed by atoms with Crippen molar-refractivity contribution in [3.05, 3.63) is 108 Å². The lowest BCUT2D eigenvalue weighted by molar-refractivity contribution is -0.116. The molecule has 5 heteroatoms. The maximum Gasteiger partial charge on any atom is 0.254 e. The van der Waals surface area contributed by atoms with Crippen LogP contribution < -0.4 is 10.2 Å². The van der Waals surface area contributed by atoms with Crippen molar-refractivity contribution in [2.75, 3.05) is 10.2 Å². The number of para-hydroxylation sites is 1. The fourth-order valence-corrected chi connectivity index (χ4v) is 3.09. The first-order valence-electron chi connectivity index (χ1n) is 9.95. The summed E-state index contributed by atoms with van der Waals surface area (Å²) in [6.45, 7) is 3.50. The molecule has 0 saturated carbocycles. The van der Waals surface area contributed by atoms with E-state index >= 15 is 0 Å². The van der Waals surface area contributed by atoms with E-state index in [-0.39, 0.29) is 11.7 Å². The third kappa shape index (κ3) is 6.00. The second-order valence-electron chi connectivity index (χ2n) is 7.16. The largest absolute Gasteiger partial charge is 0.323 e. The zero-order valence-corrected chi connectivity index (χ0v) is 17.5. The molecule has 5 nitrogen and oxygen atoms in total. The number of amides is 2. The minimum Gasteiger partial charge on any atom is -0.323 e. The quantitative estimate of drug-likeness (QED) is 0.438. The molecule has 0 bridgehead atoms. The molecule has 31 heavy (non-hydrogen) atoms. The number of Topliss-reactive ketones (excluding diaryl/α,β-unsaturated/α-hetero) is 1. The summed E-state index contributed by atoms with van der Waals surface area (Å²) in [6, 6.07) is 25.7. The fourth-order valence-electron chi connectivity index (χ4n) is 3.09. The van der Waals surface area contributed by atoms with Gasteiger partial charge in [0.15, 0.2) is 5.78 Å². The normalized spacial score (nSPS) is 11.0. The van der Waals surface area contributed by atoms with E-state index in [9.17, 15) is 14.4 Å². The highest BCUT2D eigenvalue weighted by Crippen LogP contribution is 2.20. The van der Waals surface area contributed by atoms with Crippen LogP contribution in [0.5, 0.6) is 0 Å². The van der Waals surface area contributed by atoms with Gasteiger partial charge in [0.1, 0.15) is 0 Å². The maximum atomic E-state index is 13.2. The van der Waals surface area contributed by atoms with E-state index < -0.39 is 5.91 Å². The maximum absolute atomic E-state index is 13.2. The molecule has 0 unspecified atom stereocenters. The van der Waals surface area contributed by atoms with Crippen molar-refractivity contribution in [1.82, 2.24) is 0 Å². The van der Waals surface area contributed by atoms with Crippen molar-refractivity contribution >= 4 is 29.0 Å². The number of carbonyl (C=O) groups is 3. The highest BCUT2D eigenvalue weighted by atomic mass is 16.2. The molecular formula is C26H24N2O3. The first-order chi connectivity index (χ1) is 14.9. The number of hydrogen-bond acceptors (Lipinski definition) is 3. The Hall–Kier alpha value is -3.99. The van der Waals surface area contributed by atoms with Gasteiger partial charge in [0, 0.05) is 28.6 Å². The number of ketones is 1. The Bertz CT molecular complexity index is 1090. The molecule has 0 radical (unpaired) electrons. The number of benzene rings is 3. The Morgan fingerprint density at radius 3 is 1.97 bits per heavy atom. The van der Waals surface area contributed by atoms with Crippen molar-refractivity contribution < 1.29 is 14.4 Å². The van der Waals surface area contributed by atoms with Gasteiger partial charge in [-0.1, -0.05) is 48.5 Å². The first-order valence-corrected chi connectivity index (χ1v) is 9.95. The molecule has 0 fully saturated rings. The lowest BCUT2D eigenvalue weighted by atomic mass is 10.1. The van der Waals surface area contributed by atoms with Crippen molar-refractivity contribution in [3.8, 4) is 0 Å². The van der Waals surface area contributed by atoms with Gasteiger partial charge in [0.2, 0.25) is 5.91 Å². The fraction of sp³-hybridized carbons (Fsp3) is 0.115. The first kappa shape index (κ1) is 21.7. The molecule has 0 atom stereocenters. The van der Waals surface area contributed by atoms with Gasteiger partial charge >= 0.3 is 0 Å². The number of hydrogen-bond donors (Lipinski definition) is 1. The van der Waals surface area contributed by atoms with Crippen LogP contribution in [0.4, 0.5) is 11.4 Å². The molecule has 0 heterocycles. The predicted octanol–water partition coefficient (Wildman–Crippen LogP) is 5.01. The molecular weight excluding hydrogens is 388 g/mol. The molecule has 3 aromatic rings. The Morgan fingerprint density at radius 1 is 0.806 bits per heavy atom. The monoisotopic (exact) mass is 412 g/mol. The molecule has 2 amide bonds. The van der Waals surface area contributed by atoms with E-state index in [0.717, 1.165) is 11.3 Å². The van der Waals surface area contributed by atoms with Crippen LogP contribution in [0.15, 0.2) is 96.6 Å². The summed E-state index contributed by atoms with van der Waals surface area (Å²) < 4.78 is 0. The van der Waals surface area contributed by atoms with Gasteiger partial charge < -0.3 is 10.2 Å². The lowest BCUT2D eigenvalue weighted by Crippen LogP contribution is -2.31. The third-order valence-corrected chi connectivity index (χ3v) is 4.74. The highest BCUT2D eigenvalue weighted by molar-refractivity contribution is 6.11. The molecule has 3 rings (SSSR count). The van der Waals surface area contributed by atoms with Gasteiger partial charge in [-0.05, 0) is 55.8 Å². The van der Waals surface area contributed by atoms with Crippen molar-refractivity contribution in [1.29, 1.82) is 0 Å². The van der Waals surface area contributed by atoms with E-state index in [2.05, 4.69) is 5.32 Å². The number of nitrogens with one attached hydrogen (secondary N) is 1. The van der Waals surface area contributed by atoms with Gasteiger partial charge in [-0.15, -0.1) is 0 Å². The number of carbonyl (C=O) groups excluding carboxylic acids is 3. The number of anilines is 2. The molecule has 156 valence electrons. The number of rotatable bonds is 7. The summed E-state index contributed by atoms with van der Waals surface area (Å²) in [7, 11) is 0. The van der Waals surface area contributed by atoms with E-state index in [1.165, 1.54) is 13.0 Å². The van der Waals surface area contributed by atoms with Crippen LogP contribution in [0.1, 0.15) is 29.8 Å². The zero-order valence-electron chi connectivity index (χ0n) is 17.5. The highest BCUT2D eigenvalue weighted by Gasteiger charge is 2.18. The summed E-state index contributed by atoms with van der Waals surface area (Å²) in [4.78, 5) is 38.7. The van der Waals surface area contributed by atoms with Crippen LogP contribution in [0.3, 0.4) is 0 Å². The summed E-state index contributed by atoms with van der Waals surface area (Å²) >= 11 is 0. The molecule has 3 aromatic carbocycles. The van der Waals surface area contributed by atoms with Crippen molar-refractivity contribution in [2.24, 2.45) is 0 Å². The second-order valence-corrected chi connectivity index (χ2v) is 7.16. The van der Waals surface area contributed by atoms with Crippen molar-refractivity contribution in [2.45, 2.75) is 20.4 Å². The molecule has 0 aromatic heterocycles. The predicted molar refractivity (Wildman–Crippen MR) is 123 cm³/mol. The minimum absolute atomic E-state index is 0.0429. The van der Waals surface area contributed by atoms with Crippen LogP contribution in [0.2, 0.25) is 0 Å². The summed E-state index contributed by atoms with van der Waals surface area (Å²) in [5, 5.41) is 2.72. The molecule has 0 aliphatic carbocycles. The van der Waals surface area contributed by atoms with E-state index in [4.69, 9.17) is 0 Å². The Balaban J connectivity index is 1.77. The molecule has 0 spiro atoms. The molecule has 0 aliphatic heterocycles. The van der Waals surface area contributed by atoms with Gasteiger partial charge in [0.05, 0.1) is 6.54 Å². The van der Waals surface area contributed by atoms with Gasteiger partial charge in [-0.3, -0.25) is 14.4 Å². The average molecular weight is 412 g/mol. The topological polar surface area (TPSA) is 66.5 Å². The van der Waals surface area contributed by atoms with Crippen LogP contribution in [0.25, 0.3) is 0 Å². The standard InChI is InChI=1S/C26H24N2O3/c1-19(17-25(30)27-23-15-13-22(14-16-23)20(2)29)26(31)28(24-11-7-4-8-12-24)18-21-9-5-3-6-10-21/h3-17H,18H2,1-2H3,(H,27,30)/b19-17-. The SMILES string of the molecule is CC(=O)c1ccc(NC(=O)/C=C(/C)C(=O)N(Cc2ccccc2)c2ccccc2)cc1. The molecule has 1 N–H and O–H groups in total. The Kier molecular flexibility index (Phi) is 7.12. The Labute approximate surface area is 182 Å². The summed E-state index contributed by atoms with van der Waals surface area (Å²) in [6.07, 6.45) is 1.29. The lowest BCUT2D eigenvalue weighted by Gasteiger charge is -2.23. The van der Waals surface area contributed by atoms with E-state index in [0.29, 0.717) is 23.4 Å². The van der Waals surface area contributed by atoms with Crippen molar-refractivity contribution in [3.63, 3.8) is 0 Å². The van der Waals surface area contributed by atoms with Crippen LogP contribution in [-0.4, -0.2) is 17.6 Å². The average Bonchev–Trinajstić information content (AvgIpc) is 2.78. The second kappa shape index (κ2) is 10.2. The minimum atomic E-state index is -0.408. The van der Waals surface area contributed by atoms with Crippen LogP contribution in [-0.2, 0) is 16.1 Å². The van der Waals surface area contributed by atoms with Crippen LogP contribution in [0, 0.1) is 0 Å². The Morgan fingerprint density at radius 2 is 1.39 bits per heavy atom. The summed E-state index contributed by atoms with van der Waals surface area (Å²) in [5.41, 5.74) is 3.18. The van der Waals surface area contributed by atoms with Gasteiger partial charge in [0.25, 0.3) is 5.91 Å². The van der Waals surface area contributed by atoms with E-state index in [1.807, 2.05) is 60.7 Å². The zero-order chi connectivity index (χ0) is 22.2. The third-order valence-electron chi connectivity index (χ3n) is 4.74. The van der Waals surface area contributed by atoms with Crippen LogP contribution >= 0.6 is 0 Å². The van der Waals surface area contributed by atoms with E-state index in [1.54, 1.807) is 36.1 Å². The smallest absolute Gasteiger partial charge is 0.254 e. The molecule has 0 aliphatic rings. The number of nitrogens with zero attached hydrogens (tertiary/aromatic N) is 1. The van der Waals surface area contributed by atoms with Gasteiger partial charge in [-0.2, -0.15) is 0 Å². The summed E-state index contributed by atoms with van der Waals surface area (Å²) in [5.74, 6) is -0.704.